The minimum absolute atomic E-state index is 0. The van der Waals surface area contributed by atoms with Gasteiger partial charge in [-0.25, -0.2) is 0 Å². The molecule has 0 radical (unpaired) electrons. The van der Waals surface area contributed by atoms with E-state index in [1.807, 2.05) is 30.3 Å². The van der Waals surface area contributed by atoms with Gasteiger partial charge in [-0.1, -0.05) is 48.0 Å². The second-order valence-corrected chi connectivity index (χ2v) is 9.69. The van der Waals surface area contributed by atoms with Gasteiger partial charge in [0.15, 0.2) is 0 Å². The Labute approximate surface area is 236 Å². The van der Waals surface area contributed by atoms with Crippen LogP contribution in [-0.2, 0) is 6.42 Å². The van der Waals surface area contributed by atoms with Crippen LogP contribution in [0, 0.1) is 0 Å². The van der Waals surface area contributed by atoms with E-state index in [4.69, 9.17) is 11.6 Å². The number of H-pyrrole nitrogens is 1. The molecule has 0 saturated heterocycles. The topological polar surface area (TPSA) is 96.0 Å². The average Bonchev–Trinajstić information content (AvgIpc) is 3.48. The van der Waals surface area contributed by atoms with Gasteiger partial charge < -0.3 is 15.6 Å². The minimum atomic E-state index is -0.396. The summed E-state index contributed by atoms with van der Waals surface area (Å²) < 4.78 is 1.51. The second kappa shape index (κ2) is 10.8. The molecule has 0 fully saturated rings. The zero-order valence-corrected chi connectivity index (χ0v) is 22.4. The summed E-state index contributed by atoms with van der Waals surface area (Å²) in [5.74, 6) is -0.493. The molecule has 7 nitrogen and oxygen atoms in total. The Balaban J connectivity index is 0.00000308. The third kappa shape index (κ3) is 5.08. The summed E-state index contributed by atoms with van der Waals surface area (Å²) in [5.41, 5.74) is 4.32. The highest BCUT2D eigenvalue weighted by Gasteiger charge is 2.34. The lowest BCUT2D eigenvalue weighted by Crippen LogP contribution is -2.44. The molecular formula is C30H25ClN4O3S. The van der Waals surface area contributed by atoms with Gasteiger partial charge in [-0.2, -0.15) is 13.5 Å². The number of aromatic nitrogens is 2. The molecule has 0 bridgehead atoms. The fourth-order valence-corrected chi connectivity index (χ4v) is 5.25. The third-order valence-electron chi connectivity index (χ3n) is 6.96. The van der Waals surface area contributed by atoms with Gasteiger partial charge >= 0.3 is 0 Å². The lowest BCUT2D eigenvalue weighted by atomic mass is 10.0. The number of hydrogen-bond acceptors (Lipinski definition) is 3. The fourth-order valence-electron chi connectivity index (χ4n) is 5.03. The number of pyridine rings is 1. The minimum Gasteiger partial charge on any atom is -0.360 e. The van der Waals surface area contributed by atoms with Crippen molar-refractivity contribution in [2.24, 2.45) is 0 Å². The van der Waals surface area contributed by atoms with Crippen LogP contribution in [-0.4, -0.2) is 27.4 Å². The van der Waals surface area contributed by atoms with Gasteiger partial charge in [0.2, 0.25) is 0 Å². The highest BCUT2D eigenvalue weighted by Crippen LogP contribution is 2.32. The molecule has 9 heteroatoms. The third-order valence-corrected chi connectivity index (χ3v) is 7.27. The molecule has 3 N–H and O–H groups in total. The lowest BCUT2D eigenvalue weighted by Gasteiger charge is -2.23. The van der Waals surface area contributed by atoms with E-state index in [1.54, 1.807) is 60.9 Å². The van der Waals surface area contributed by atoms with E-state index in [0.717, 1.165) is 22.0 Å². The fraction of sp³-hybridized carbons (Fsp3) is 0.100. The molecular weight excluding hydrogens is 532 g/mol. The number of aromatic amines is 1. The molecule has 1 aliphatic carbocycles. The average molecular weight is 557 g/mol. The summed E-state index contributed by atoms with van der Waals surface area (Å²) in [6.07, 6.45) is 3.97. The molecule has 6 rings (SSSR count). The summed E-state index contributed by atoms with van der Waals surface area (Å²) in [4.78, 5) is 41.7. The van der Waals surface area contributed by atoms with E-state index >= 15 is 0 Å². The number of benzene rings is 3. The number of carbonyl (C=O) groups is 2. The van der Waals surface area contributed by atoms with Gasteiger partial charge in [-0.3, -0.25) is 19.0 Å². The number of nitrogens with zero attached hydrogens (tertiary/aromatic N) is 1. The first-order chi connectivity index (χ1) is 18.5. The summed E-state index contributed by atoms with van der Waals surface area (Å²) in [7, 11) is 0. The number of rotatable bonds is 5. The van der Waals surface area contributed by atoms with Crippen LogP contribution < -0.4 is 16.2 Å². The second-order valence-electron chi connectivity index (χ2n) is 9.29. The normalized spacial score (nSPS) is 15.8. The SMILES string of the molecule is O=C(NC1c2ccccc2C[C@@H]1NC(=O)c1ccc(-n2ccccc2=O)cc1)c1ccc2c(Cl)c[nH]c2c1.S. The molecule has 2 amide bonds. The van der Waals surface area contributed by atoms with E-state index in [0.29, 0.717) is 28.3 Å². The first-order valence-corrected chi connectivity index (χ1v) is 12.6. The van der Waals surface area contributed by atoms with E-state index in [2.05, 4.69) is 15.6 Å². The van der Waals surface area contributed by atoms with Crippen molar-refractivity contribution in [3.05, 3.63) is 135 Å². The van der Waals surface area contributed by atoms with E-state index in [1.165, 1.54) is 10.6 Å². The number of nitrogens with one attached hydrogen (secondary N) is 3. The van der Waals surface area contributed by atoms with Crippen molar-refractivity contribution < 1.29 is 9.59 Å². The van der Waals surface area contributed by atoms with Crippen molar-refractivity contribution in [3.63, 3.8) is 0 Å². The predicted octanol–water partition coefficient (Wildman–Crippen LogP) is 4.91. The molecule has 2 aromatic heterocycles. The predicted molar refractivity (Wildman–Crippen MR) is 157 cm³/mol. The largest absolute Gasteiger partial charge is 0.360 e. The van der Waals surface area contributed by atoms with E-state index in [9.17, 15) is 14.4 Å². The van der Waals surface area contributed by atoms with Crippen molar-refractivity contribution >= 4 is 47.8 Å². The van der Waals surface area contributed by atoms with Crippen molar-refractivity contribution in [3.8, 4) is 5.69 Å². The van der Waals surface area contributed by atoms with Crippen LogP contribution in [0.25, 0.3) is 16.6 Å². The first kappa shape index (κ1) is 26.3. The van der Waals surface area contributed by atoms with Crippen LogP contribution in [0.1, 0.15) is 37.9 Å². The molecule has 5 aromatic rings. The number of carbonyl (C=O) groups excluding carboxylic acids is 2. The molecule has 0 saturated carbocycles. The van der Waals surface area contributed by atoms with Crippen molar-refractivity contribution in [1.82, 2.24) is 20.2 Å². The lowest BCUT2D eigenvalue weighted by molar-refractivity contribution is 0.0888. The van der Waals surface area contributed by atoms with Gasteiger partial charge in [0.05, 0.1) is 17.1 Å². The van der Waals surface area contributed by atoms with Gasteiger partial charge in [0.25, 0.3) is 17.4 Å². The molecule has 0 spiro atoms. The van der Waals surface area contributed by atoms with Crippen LogP contribution in [0.5, 0.6) is 0 Å². The van der Waals surface area contributed by atoms with Crippen LogP contribution in [0.15, 0.2) is 102 Å². The van der Waals surface area contributed by atoms with Gasteiger partial charge in [0.1, 0.15) is 0 Å². The van der Waals surface area contributed by atoms with E-state index < -0.39 is 6.04 Å². The Hall–Kier alpha value is -4.27. The van der Waals surface area contributed by atoms with Crippen LogP contribution in [0.2, 0.25) is 5.02 Å². The van der Waals surface area contributed by atoms with E-state index in [-0.39, 0.29) is 36.9 Å². The summed E-state index contributed by atoms with van der Waals surface area (Å²) in [5, 5.41) is 7.68. The Morgan fingerprint density at radius 2 is 1.59 bits per heavy atom. The zero-order chi connectivity index (χ0) is 26.2. The Morgan fingerprint density at radius 1 is 0.872 bits per heavy atom. The maximum Gasteiger partial charge on any atom is 0.255 e. The van der Waals surface area contributed by atoms with Crippen molar-refractivity contribution in [1.29, 1.82) is 0 Å². The number of hydrogen-bond donors (Lipinski definition) is 3. The van der Waals surface area contributed by atoms with Crippen LogP contribution in [0.3, 0.4) is 0 Å². The molecule has 0 aliphatic heterocycles. The number of fused-ring (bicyclic) bond motifs is 2. The molecule has 2 heterocycles. The first-order valence-electron chi connectivity index (χ1n) is 12.2. The molecule has 3 aromatic carbocycles. The van der Waals surface area contributed by atoms with Crippen LogP contribution >= 0.6 is 25.1 Å². The molecule has 1 unspecified atom stereocenters. The molecule has 2 atom stereocenters. The maximum atomic E-state index is 13.3. The maximum absolute atomic E-state index is 13.3. The molecule has 39 heavy (non-hydrogen) atoms. The number of amides is 2. The highest BCUT2D eigenvalue weighted by atomic mass is 35.5. The Morgan fingerprint density at radius 3 is 2.38 bits per heavy atom. The molecule has 196 valence electrons. The smallest absolute Gasteiger partial charge is 0.255 e. The van der Waals surface area contributed by atoms with Gasteiger partial charge in [-0.15, -0.1) is 0 Å². The van der Waals surface area contributed by atoms with Crippen molar-refractivity contribution in [2.45, 2.75) is 18.5 Å². The zero-order valence-electron chi connectivity index (χ0n) is 20.6. The van der Waals surface area contributed by atoms with Gasteiger partial charge in [-0.05, 0) is 60.0 Å². The highest BCUT2D eigenvalue weighted by molar-refractivity contribution is 7.59. The van der Waals surface area contributed by atoms with Gasteiger partial charge in [0, 0.05) is 46.2 Å². The Kier molecular flexibility index (Phi) is 7.32. The molecule has 1 aliphatic rings. The quantitative estimate of drug-likeness (QED) is 0.287. The summed E-state index contributed by atoms with van der Waals surface area (Å²) >= 11 is 6.18. The van der Waals surface area contributed by atoms with Crippen LogP contribution in [0.4, 0.5) is 0 Å². The standard InChI is InChI=1S/C30H23ClN4O3.H2S/c31-24-17-32-25-16-20(10-13-23(24)25)30(38)34-28-22-6-2-1-5-19(22)15-26(28)33-29(37)18-8-11-21(12-9-18)35-14-4-3-7-27(35)36;/h1-14,16-17,26,28,32H,15H2,(H,33,37)(H,34,38);1H2/t26-,28?;/m0./s1. The summed E-state index contributed by atoms with van der Waals surface area (Å²) in [6, 6.07) is 24.3. The van der Waals surface area contributed by atoms with Crippen molar-refractivity contribution in [2.75, 3.05) is 0 Å². The number of halogens is 1. The monoisotopic (exact) mass is 556 g/mol. The summed E-state index contributed by atoms with van der Waals surface area (Å²) in [6.45, 7) is 0. The Bertz CT molecular complexity index is 1750.